The normalized spacial score (nSPS) is 15.7. The molecule has 0 radical (unpaired) electrons. The molecule has 23 heavy (non-hydrogen) atoms. The summed E-state index contributed by atoms with van der Waals surface area (Å²) >= 11 is 1.32. The largest absolute Gasteiger partial charge is 0.467 e. The fraction of sp³-hybridized carbons (Fsp3) is 0.533. The van der Waals surface area contributed by atoms with Crippen LogP contribution in [-0.4, -0.2) is 58.6 Å². The lowest BCUT2D eigenvalue weighted by Gasteiger charge is -2.25. The Morgan fingerprint density at radius 1 is 1.43 bits per heavy atom. The molecular weight excluding hydrogens is 316 g/mol. The van der Waals surface area contributed by atoms with Crippen molar-refractivity contribution in [2.45, 2.75) is 20.0 Å². The van der Waals surface area contributed by atoms with Crippen LogP contribution >= 0.6 is 11.5 Å². The molecule has 0 bridgehead atoms. The predicted octanol–water partition coefficient (Wildman–Crippen LogP) is 1.54. The molecule has 0 aromatic carbocycles. The Balaban J connectivity index is 1.60. The Labute approximate surface area is 139 Å². The highest BCUT2D eigenvalue weighted by atomic mass is 32.1. The Morgan fingerprint density at radius 3 is 2.91 bits per heavy atom. The number of rotatable bonds is 5. The molecule has 0 spiro atoms. The van der Waals surface area contributed by atoms with Gasteiger partial charge in [-0.1, -0.05) is 4.49 Å². The summed E-state index contributed by atoms with van der Waals surface area (Å²) < 4.78 is 14.8. The van der Waals surface area contributed by atoms with Gasteiger partial charge in [-0.25, -0.2) is 0 Å². The van der Waals surface area contributed by atoms with E-state index in [1.165, 1.54) is 17.8 Å². The van der Waals surface area contributed by atoms with E-state index in [9.17, 15) is 4.79 Å². The number of hydrogen-bond acceptors (Lipinski definition) is 7. The molecule has 0 N–H and O–H groups in total. The summed E-state index contributed by atoms with van der Waals surface area (Å²) in [5, 5.41) is 3.97. The van der Waals surface area contributed by atoms with E-state index >= 15 is 0 Å². The first-order valence-electron chi connectivity index (χ1n) is 7.54. The minimum absolute atomic E-state index is 0.0604. The average molecular weight is 336 g/mol. The van der Waals surface area contributed by atoms with Crippen molar-refractivity contribution >= 4 is 17.4 Å². The quantitative estimate of drug-likeness (QED) is 0.825. The monoisotopic (exact) mass is 336 g/mol. The van der Waals surface area contributed by atoms with Crippen molar-refractivity contribution in [3.8, 4) is 0 Å². The second-order valence-electron chi connectivity index (χ2n) is 5.63. The van der Waals surface area contributed by atoms with Crippen LogP contribution in [0.4, 0.5) is 0 Å². The van der Waals surface area contributed by atoms with Crippen LogP contribution in [-0.2, 0) is 17.8 Å². The molecule has 3 rings (SSSR count). The molecule has 1 saturated heterocycles. The maximum Gasteiger partial charge on any atom is 0.257 e. The molecule has 1 amide bonds. The highest BCUT2D eigenvalue weighted by Crippen LogP contribution is 2.16. The molecular formula is C15H20N4O3S. The zero-order valence-corrected chi connectivity index (χ0v) is 14.1. The van der Waals surface area contributed by atoms with Crippen LogP contribution in [0.1, 0.15) is 26.7 Å². The lowest BCUT2D eigenvalue weighted by Crippen LogP contribution is -2.35. The number of morpholine rings is 1. The molecule has 8 heteroatoms. The van der Waals surface area contributed by atoms with Gasteiger partial charge in [0.15, 0.2) is 0 Å². The third-order valence-electron chi connectivity index (χ3n) is 3.86. The molecule has 1 aliphatic heterocycles. The lowest BCUT2D eigenvalue weighted by atomic mass is 10.2. The summed E-state index contributed by atoms with van der Waals surface area (Å²) in [6.45, 7) is 6.39. The van der Waals surface area contributed by atoms with Gasteiger partial charge in [0.2, 0.25) is 0 Å². The van der Waals surface area contributed by atoms with Gasteiger partial charge >= 0.3 is 0 Å². The van der Waals surface area contributed by atoms with Gasteiger partial charge in [-0.3, -0.25) is 9.69 Å². The fourth-order valence-corrected chi connectivity index (χ4v) is 3.15. The minimum atomic E-state index is -0.0604. The zero-order chi connectivity index (χ0) is 16.2. The van der Waals surface area contributed by atoms with Crippen LogP contribution < -0.4 is 0 Å². The van der Waals surface area contributed by atoms with Gasteiger partial charge in [-0.05, 0) is 24.5 Å². The Hall–Kier alpha value is -1.77. The van der Waals surface area contributed by atoms with E-state index in [0.29, 0.717) is 18.7 Å². The highest BCUT2D eigenvalue weighted by Gasteiger charge is 2.18. The number of aromatic nitrogens is 2. The van der Waals surface area contributed by atoms with E-state index in [1.807, 2.05) is 13.0 Å². The van der Waals surface area contributed by atoms with E-state index in [1.54, 1.807) is 11.9 Å². The number of ether oxygens (including phenoxy) is 1. The highest BCUT2D eigenvalue weighted by molar-refractivity contribution is 7.05. The van der Waals surface area contributed by atoms with Crippen LogP contribution in [0, 0.1) is 6.92 Å². The molecule has 0 saturated carbocycles. The maximum atomic E-state index is 12.5. The predicted molar refractivity (Wildman–Crippen MR) is 85.2 cm³/mol. The molecule has 0 unspecified atom stereocenters. The number of carbonyl (C=O) groups excluding carboxylic acids is 1. The summed E-state index contributed by atoms with van der Waals surface area (Å²) in [7, 11) is 1.77. The number of carbonyl (C=O) groups is 1. The SMILES string of the molecule is Cc1nnsc1CN(C)C(=O)c1coc(CN2CCOCC2)c1. The molecule has 2 aromatic rings. The summed E-state index contributed by atoms with van der Waals surface area (Å²) in [5.41, 5.74) is 1.45. The Bertz CT molecular complexity index is 663. The van der Waals surface area contributed by atoms with Crippen molar-refractivity contribution in [1.29, 1.82) is 0 Å². The summed E-state index contributed by atoms with van der Waals surface area (Å²) in [6.07, 6.45) is 1.53. The molecule has 0 atom stereocenters. The first kappa shape index (κ1) is 16.1. The van der Waals surface area contributed by atoms with Gasteiger partial charge in [0.05, 0.1) is 42.4 Å². The number of furan rings is 1. The van der Waals surface area contributed by atoms with E-state index < -0.39 is 0 Å². The molecule has 3 heterocycles. The minimum Gasteiger partial charge on any atom is -0.467 e. The molecule has 124 valence electrons. The van der Waals surface area contributed by atoms with Crippen molar-refractivity contribution in [2.75, 3.05) is 33.4 Å². The summed E-state index contributed by atoms with van der Waals surface area (Å²) in [5.74, 6) is 0.745. The molecule has 0 aliphatic carbocycles. The first-order valence-corrected chi connectivity index (χ1v) is 8.31. The Morgan fingerprint density at radius 2 is 2.22 bits per heavy atom. The fourth-order valence-electron chi connectivity index (χ4n) is 2.46. The van der Waals surface area contributed by atoms with E-state index in [0.717, 1.165) is 42.6 Å². The second-order valence-corrected chi connectivity index (χ2v) is 6.47. The topological polar surface area (TPSA) is 71.7 Å². The van der Waals surface area contributed by atoms with Crippen molar-refractivity contribution in [2.24, 2.45) is 0 Å². The van der Waals surface area contributed by atoms with Gasteiger partial charge in [0.1, 0.15) is 12.0 Å². The summed E-state index contributed by atoms with van der Waals surface area (Å²) in [4.78, 5) is 17.4. The molecule has 1 aliphatic rings. The number of nitrogens with zero attached hydrogens (tertiary/aromatic N) is 4. The number of aryl methyl sites for hydroxylation is 1. The van der Waals surface area contributed by atoms with Gasteiger partial charge in [-0.15, -0.1) is 5.10 Å². The average Bonchev–Trinajstić information content (AvgIpc) is 3.17. The second kappa shape index (κ2) is 7.20. The molecule has 7 nitrogen and oxygen atoms in total. The maximum absolute atomic E-state index is 12.5. The van der Waals surface area contributed by atoms with Crippen LogP contribution in [0.3, 0.4) is 0 Å². The third kappa shape index (κ3) is 3.95. The third-order valence-corrected chi connectivity index (χ3v) is 4.66. The molecule has 2 aromatic heterocycles. The zero-order valence-electron chi connectivity index (χ0n) is 13.3. The van der Waals surface area contributed by atoms with Crippen LogP contribution in [0.5, 0.6) is 0 Å². The van der Waals surface area contributed by atoms with Crippen molar-refractivity contribution in [3.05, 3.63) is 34.2 Å². The molecule has 1 fully saturated rings. The van der Waals surface area contributed by atoms with E-state index in [-0.39, 0.29) is 5.91 Å². The van der Waals surface area contributed by atoms with Crippen molar-refractivity contribution < 1.29 is 13.9 Å². The first-order chi connectivity index (χ1) is 11.1. The number of amides is 1. The van der Waals surface area contributed by atoms with E-state index in [4.69, 9.17) is 9.15 Å². The van der Waals surface area contributed by atoms with Gasteiger partial charge in [0, 0.05) is 20.1 Å². The van der Waals surface area contributed by atoms with Crippen LogP contribution in [0.15, 0.2) is 16.7 Å². The number of hydrogen-bond donors (Lipinski definition) is 0. The van der Waals surface area contributed by atoms with Crippen molar-refractivity contribution in [1.82, 2.24) is 19.4 Å². The van der Waals surface area contributed by atoms with Crippen LogP contribution in [0.25, 0.3) is 0 Å². The smallest absolute Gasteiger partial charge is 0.257 e. The van der Waals surface area contributed by atoms with Gasteiger partial charge < -0.3 is 14.1 Å². The Kier molecular flexibility index (Phi) is 5.04. The van der Waals surface area contributed by atoms with Gasteiger partial charge in [0.25, 0.3) is 5.91 Å². The van der Waals surface area contributed by atoms with Gasteiger partial charge in [-0.2, -0.15) is 0 Å². The standard InChI is InChI=1S/C15H20N4O3S/c1-11-14(23-17-16-11)9-18(2)15(20)12-7-13(22-10-12)8-19-3-5-21-6-4-19/h7,10H,3-6,8-9H2,1-2H3. The van der Waals surface area contributed by atoms with Crippen molar-refractivity contribution in [3.63, 3.8) is 0 Å². The van der Waals surface area contributed by atoms with Crippen LogP contribution in [0.2, 0.25) is 0 Å². The summed E-state index contributed by atoms with van der Waals surface area (Å²) in [6, 6.07) is 1.83. The van der Waals surface area contributed by atoms with E-state index in [2.05, 4.69) is 14.5 Å². The lowest BCUT2D eigenvalue weighted by molar-refractivity contribution is 0.0313.